The number of anilines is 1. The minimum absolute atomic E-state index is 0.0101. The molecule has 0 radical (unpaired) electrons. The number of aromatic nitrogens is 3. The molecule has 172 valence electrons. The summed E-state index contributed by atoms with van der Waals surface area (Å²) >= 11 is 1.97. The Morgan fingerprint density at radius 3 is 2.45 bits per heavy atom. The van der Waals surface area contributed by atoms with E-state index in [2.05, 4.69) is 15.4 Å². The Morgan fingerprint density at radius 1 is 1.18 bits per heavy atom. The Hall–Kier alpha value is -3.39. The van der Waals surface area contributed by atoms with Crippen molar-refractivity contribution >= 4 is 50.4 Å². The summed E-state index contributed by atoms with van der Waals surface area (Å²) in [5.74, 6) is -2.03. The van der Waals surface area contributed by atoms with Gasteiger partial charge in [0.15, 0.2) is 5.69 Å². The molecule has 33 heavy (non-hydrogen) atoms. The molecule has 2 amide bonds. The number of fused-ring (bicyclic) bond motifs is 1. The van der Waals surface area contributed by atoms with Crippen LogP contribution in [-0.2, 0) is 6.18 Å². The molecular formula is C19H12F5N5O2S2. The predicted octanol–water partition coefficient (Wildman–Crippen LogP) is 5.36. The maximum absolute atomic E-state index is 13.5. The second-order valence-electron chi connectivity index (χ2n) is 6.78. The Bertz CT molecular complexity index is 1390. The van der Waals surface area contributed by atoms with E-state index in [1.807, 2.05) is 6.92 Å². The number of aryl methyl sites for hydroxylation is 1. The molecule has 0 bridgehead atoms. The highest BCUT2D eigenvalue weighted by Gasteiger charge is 2.34. The van der Waals surface area contributed by atoms with Gasteiger partial charge in [0.2, 0.25) is 0 Å². The number of H-pyrrole nitrogens is 1. The van der Waals surface area contributed by atoms with Gasteiger partial charge in [0, 0.05) is 26.8 Å². The van der Waals surface area contributed by atoms with Crippen LogP contribution in [0.1, 0.15) is 42.9 Å². The van der Waals surface area contributed by atoms with Crippen LogP contribution in [-0.4, -0.2) is 27.0 Å². The summed E-state index contributed by atoms with van der Waals surface area (Å²) in [5, 5.41) is 7.60. The van der Waals surface area contributed by atoms with Gasteiger partial charge in [-0.05, 0) is 25.1 Å². The molecule has 0 saturated carbocycles. The summed E-state index contributed by atoms with van der Waals surface area (Å²) in [4.78, 5) is 29.8. The number of aromatic amines is 1. The molecule has 7 nitrogen and oxygen atoms in total. The number of alkyl halides is 5. The molecule has 0 aliphatic carbocycles. The molecule has 4 aromatic rings. The number of amides is 2. The normalized spacial score (nSPS) is 12.0. The van der Waals surface area contributed by atoms with Crippen LogP contribution < -0.4 is 11.1 Å². The first-order valence-corrected chi connectivity index (χ1v) is 10.6. The van der Waals surface area contributed by atoms with Crippen molar-refractivity contribution in [1.82, 2.24) is 15.2 Å². The number of nitrogens with zero attached hydrogens (tertiary/aromatic N) is 2. The zero-order valence-electron chi connectivity index (χ0n) is 16.4. The van der Waals surface area contributed by atoms with E-state index in [9.17, 15) is 31.5 Å². The number of rotatable bonds is 5. The first-order chi connectivity index (χ1) is 15.5. The summed E-state index contributed by atoms with van der Waals surface area (Å²) in [5.41, 5.74) is 3.17. The predicted molar refractivity (Wildman–Crippen MR) is 113 cm³/mol. The van der Waals surface area contributed by atoms with E-state index in [4.69, 9.17) is 5.73 Å². The van der Waals surface area contributed by atoms with Crippen LogP contribution in [0.2, 0.25) is 0 Å². The molecule has 4 heterocycles. The summed E-state index contributed by atoms with van der Waals surface area (Å²) in [6.45, 7) is 1.81. The quantitative estimate of drug-likeness (QED) is 0.319. The molecule has 0 aliphatic heterocycles. The largest absolute Gasteiger partial charge is 0.432 e. The smallest absolute Gasteiger partial charge is 0.365 e. The Balaban J connectivity index is 1.89. The van der Waals surface area contributed by atoms with Crippen molar-refractivity contribution in [2.75, 3.05) is 5.32 Å². The van der Waals surface area contributed by atoms with Crippen molar-refractivity contribution in [3.8, 4) is 10.4 Å². The van der Waals surface area contributed by atoms with Crippen molar-refractivity contribution in [1.29, 1.82) is 0 Å². The number of carbonyl (C=O) groups is 2. The molecule has 0 atom stereocenters. The summed E-state index contributed by atoms with van der Waals surface area (Å²) in [7, 11) is 0. The van der Waals surface area contributed by atoms with Crippen molar-refractivity contribution in [2.24, 2.45) is 5.73 Å². The van der Waals surface area contributed by atoms with E-state index in [0.29, 0.717) is 22.3 Å². The fourth-order valence-corrected chi connectivity index (χ4v) is 4.96. The molecular weight excluding hydrogens is 489 g/mol. The number of hydrogen-bond acceptors (Lipinski definition) is 6. The monoisotopic (exact) mass is 501 g/mol. The molecule has 0 saturated heterocycles. The molecule has 0 fully saturated rings. The van der Waals surface area contributed by atoms with E-state index >= 15 is 0 Å². The van der Waals surface area contributed by atoms with Crippen LogP contribution in [0.4, 0.5) is 27.6 Å². The van der Waals surface area contributed by atoms with Crippen LogP contribution in [0.3, 0.4) is 0 Å². The summed E-state index contributed by atoms with van der Waals surface area (Å²) in [6, 6.07) is 5.09. The van der Waals surface area contributed by atoms with E-state index in [1.54, 1.807) is 17.2 Å². The number of halogens is 5. The number of primary amides is 1. The molecule has 4 aromatic heterocycles. The number of carbonyl (C=O) groups excluding carboxylic acids is 2. The molecule has 4 rings (SSSR count). The van der Waals surface area contributed by atoms with Gasteiger partial charge >= 0.3 is 6.18 Å². The molecule has 0 spiro atoms. The van der Waals surface area contributed by atoms with Gasteiger partial charge in [-0.25, -0.2) is 13.8 Å². The van der Waals surface area contributed by atoms with Crippen LogP contribution in [0.5, 0.6) is 0 Å². The second kappa shape index (κ2) is 8.19. The molecule has 0 aliphatic rings. The van der Waals surface area contributed by atoms with E-state index in [1.165, 1.54) is 11.3 Å². The maximum Gasteiger partial charge on any atom is 0.432 e. The first-order valence-electron chi connectivity index (χ1n) is 9.02. The third kappa shape index (κ3) is 4.30. The van der Waals surface area contributed by atoms with Crippen molar-refractivity contribution < 1.29 is 31.5 Å². The fourth-order valence-electron chi connectivity index (χ4n) is 3.06. The van der Waals surface area contributed by atoms with Crippen molar-refractivity contribution in [2.45, 2.75) is 19.5 Å². The maximum atomic E-state index is 13.5. The highest BCUT2D eigenvalue weighted by molar-refractivity contribution is 7.21. The van der Waals surface area contributed by atoms with Gasteiger partial charge in [0.25, 0.3) is 18.2 Å². The zero-order chi connectivity index (χ0) is 24.1. The Kier molecular flexibility index (Phi) is 5.66. The van der Waals surface area contributed by atoms with Gasteiger partial charge in [-0.3, -0.25) is 14.7 Å². The van der Waals surface area contributed by atoms with E-state index < -0.39 is 41.5 Å². The van der Waals surface area contributed by atoms with Gasteiger partial charge in [-0.15, -0.1) is 22.7 Å². The fraction of sp³-hybridized carbons (Fsp3) is 0.158. The Morgan fingerprint density at radius 2 is 1.91 bits per heavy atom. The van der Waals surface area contributed by atoms with Crippen LogP contribution in [0, 0.1) is 6.92 Å². The number of nitrogens with one attached hydrogen (secondary N) is 2. The molecule has 14 heteroatoms. The third-order valence-corrected chi connectivity index (χ3v) is 6.62. The number of pyridine rings is 1. The highest BCUT2D eigenvalue weighted by atomic mass is 32.1. The lowest BCUT2D eigenvalue weighted by atomic mass is 10.1. The summed E-state index contributed by atoms with van der Waals surface area (Å²) < 4.78 is 65.4. The second-order valence-corrected chi connectivity index (χ2v) is 9.06. The lowest BCUT2D eigenvalue weighted by molar-refractivity contribution is -0.141. The van der Waals surface area contributed by atoms with Crippen LogP contribution >= 0.6 is 22.7 Å². The minimum Gasteiger partial charge on any atom is -0.365 e. The number of hydrogen-bond donors (Lipinski definition) is 3. The van der Waals surface area contributed by atoms with Gasteiger partial charge in [0.05, 0.1) is 5.69 Å². The Labute approximate surface area is 189 Å². The topological polar surface area (TPSA) is 114 Å². The zero-order valence-corrected chi connectivity index (χ0v) is 18.0. The minimum atomic E-state index is -4.75. The molecule has 0 aromatic carbocycles. The van der Waals surface area contributed by atoms with E-state index in [0.717, 1.165) is 10.9 Å². The lowest BCUT2D eigenvalue weighted by Crippen LogP contribution is -2.17. The summed E-state index contributed by atoms with van der Waals surface area (Å²) in [6.07, 6.45) is -7.66. The third-order valence-electron chi connectivity index (χ3n) is 4.49. The number of nitrogens with two attached hydrogens (primary N) is 1. The van der Waals surface area contributed by atoms with E-state index in [-0.39, 0.29) is 26.3 Å². The van der Waals surface area contributed by atoms with Crippen molar-refractivity contribution in [3.63, 3.8) is 0 Å². The van der Waals surface area contributed by atoms with Crippen molar-refractivity contribution in [3.05, 3.63) is 51.1 Å². The lowest BCUT2D eigenvalue weighted by Gasteiger charge is -2.09. The molecule has 0 unspecified atom stereocenters. The van der Waals surface area contributed by atoms with Crippen LogP contribution in [0.15, 0.2) is 24.3 Å². The van der Waals surface area contributed by atoms with Gasteiger partial charge in [-0.1, -0.05) is 0 Å². The van der Waals surface area contributed by atoms with Gasteiger partial charge in [0.1, 0.15) is 21.1 Å². The highest BCUT2D eigenvalue weighted by Crippen LogP contribution is 2.44. The first kappa shape index (κ1) is 22.8. The number of thiophene rings is 2. The average Bonchev–Trinajstić information content (AvgIpc) is 3.45. The van der Waals surface area contributed by atoms with Crippen LogP contribution in [0.25, 0.3) is 20.7 Å². The van der Waals surface area contributed by atoms with Gasteiger partial charge < -0.3 is 11.1 Å². The SMILES string of the molecule is Cc1ccc(-c2cc(C(F)F)nc3sc(C(N)=O)c(NC(=O)c4cc(C(F)(F)F)[nH]n4)c23)s1. The van der Waals surface area contributed by atoms with Gasteiger partial charge in [-0.2, -0.15) is 18.3 Å². The average molecular weight is 501 g/mol. The molecule has 4 N–H and O–H groups in total. The standard InChI is InChI=1S/C19H12F5N5O2S2/c1-6-2-3-10(32-6)7-4-8(15(20)21)26-18-12(7)13(14(33-18)16(25)30)27-17(31)9-5-11(29-28-9)19(22,23)24/h2-5,15H,1H3,(H2,25,30)(H,27,31)(H,28,29).